The lowest BCUT2D eigenvalue weighted by atomic mass is 10.1. The molecule has 3 aromatic rings. The van der Waals surface area contributed by atoms with Gasteiger partial charge in [0.2, 0.25) is 0 Å². The highest BCUT2D eigenvalue weighted by Crippen LogP contribution is 2.25. The zero-order valence-corrected chi connectivity index (χ0v) is 17.8. The molecule has 1 heterocycles. The SMILES string of the molecule is CN(Cc1ccc(-c2nc3cc(C(=O)NCCC(=O)O)ccc3n2C)cc1)C(=O)C(F)(F)F. The van der Waals surface area contributed by atoms with Gasteiger partial charge in [-0.1, -0.05) is 24.3 Å². The summed E-state index contributed by atoms with van der Waals surface area (Å²) in [6.45, 7) is -0.183. The van der Waals surface area contributed by atoms with Crippen LogP contribution < -0.4 is 5.32 Å². The quantitative estimate of drug-likeness (QED) is 0.562. The highest BCUT2D eigenvalue weighted by molar-refractivity contribution is 5.98. The third kappa shape index (κ3) is 5.48. The molecule has 0 radical (unpaired) electrons. The van der Waals surface area contributed by atoms with E-state index in [0.29, 0.717) is 32.9 Å². The number of carboxylic acid groups (broad SMARTS) is 1. The van der Waals surface area contributed by atoms with Crippen LogP contribution in [0.2, 0.25) is 0 Å². The Labute approximate surface area is 186 Å². The highest BCUT2D eigenvalue weighted by Gasteiger charge is 2.41. The molecular weight excluding hydrogens is 441 g/mol. The number of aryl methyl sites for hydroxylation is 1. The molecule has 8 nitrogen and oxygen atoms in total. The lowest BCUT2D eigenvalue weighted by molar-refractivity contribution is -0.184. The number of benzene rings is 2. The Morgan fingerprint density at radius 1 is 1.12 bits per heavy atom. The lowest BCUT2D eigenvalue weighted by Crippen LogP contribution is -2.37. The van der Waals surface area contributed by atoms with Gasteiger partial charge in [0.15, 0.2) is 0 Å². The molecule has 0 unspecified atom stereocenters. The van der Waals surface area contributed by atoms with E-state index in [1.807, 2.05) is 4.57 Å². The van der Waals surface area contributed by atoms with E-state index >= 15 is 0 Å². The fraction of sp³-hybridized carbons (Fsp3) is 0.273. The van der Waals surface area contributed by atoms with Crippen LogP contribution in [-0.4, -0.2) is 57.1 Å². The van der Waals surface area contributed by atoms with Crippen molar-refractivity contribution in [2.24, 2.45) is 7.05 Å². The van der Waals surface area contributed by atoms with Gasteiger partial charge < -0.3 is 19.9 Å². The number of nitrogens with one attached hydrogen (secondary N) is 1. The number of alkyl halides is 3. The maximum Gasteiger partial charge on any atom is 0.471 e. The van der Waals surface area contributed by atoms with E-state index in [1.54, 1.807) is 49.5 Å². The number of hydrogen-bond acceptors (Lipinski definition) is 4. The van der Waals surface area contributed by atoms with Gasteiger partial charge in [-0.15, -0.1) is 0 Å². The van der Waals surface area contributed by atoms with Crippen molar-refractivity contribution >= 4 is 28.8 Å². The summed E-state index contributed by atoms with van der Waals surface area (Å²) in [6.07, 6.45) is -5.11. The number of hydrogen-bond donors (Lipinski definition) is 2. The molecule has 2 amide bonds. The van der Waals surface area contributed by atoms with Gasteiger partial charge in [-0.05, 0) is 23.8 Å². The van der Waals surface area contributed by atoms with Gasteiger partial charge in [-0.25, -0.2) is 4.98 Å². The first kappa shape index (κ1) is 23.8. The van der Waals surface area contributed by atoms with Crippen LogP contribution in [0, 0.1) is 0 Å². The predicted octanol–water partition coefficient (Wildman–Crippen LogP) is 2.97. The molecular formula is C22H21F3N4O4. The van der Waals surface area contributed by atoms with E-state index in [9.17, 15) is 27.6 Å². The van der Waals surface area contributed by atoms with Gasteiger partial charge in [0.1, 0.15) is 5.82 Å². The van der Waals surface area contributed by atoms with Gasteiger partial charge in [0, 0.05) is 38.3 Å². The first-order valence-electron chi connectivity index (χ1n) is 9.85. The smallest absolute Gasteiger partial charge is 0.471 e. The zero-order valence-electron chi connectivity index (χ0n) is 17.8. The zero-order chi connectivity index (χ0) is 24.3. The van der Waals surface area contributed by atoms with Gasteiger partial charge in [0.05, 0.1) is 17.5 Å². The Balaban J connectivity index is 1.78. The molecule has 0 saturated heterocycles. The Kier molecular flexibility index (Phi) is 6.70. The average Bonchev–Trinajstić information content (AvgIpc) is 3.08. The lowest BCUT2D eigenvalue weighted by Gasteiger charge is -2.18. The number of aromatic nitrogens is 2. The first-order chi connectivity index (χ1) is 15.5. The molecule has 0 aliphatic rings. The topological polar surface area (TPSA) is 105 Å². The van der Waals surface area contributed by atoms with Crippen molar-refractivity contribution in [2.45, 2.75) is 19.1 Å². The number of carbonyl (C=O) groups excluding carboxylic acids is 2. The third-order valence-corrected chi connectivity index (χ3v) is 4.99. The molecule has 33 heavy (non-hydrogen) atoms. The molecule has 2 N–H and O–H groups in total. The second-order valence-corrected chi connectivity index (χ2v) is 7.45. The monoisotopic (exact) mass is 462 g/mol. The molecule has 0 atom stereocenters. The molecule has 2 aromatic carbocycles. The summed E-state index contributed by atoms with van der Waals surface area (Å²) < 4.78 is 39.5. The van der Waals surface area contributed by atoms with Crippen molar-refractivity contribution in [3.8, 4) is 11.4 Å². The van der Waals surface area contributed by atoms with Crippen LogP contribution in [0.3, 0.4) is 0 Å². The van der Waals surface area contributed by atoms with Crippen molar-refractivity contribution in [1.82, 2.24) is 19.8 Å². The molecule has 0 bridgehead atoms. The number of halogens is 3. The number of carboxylic acids is 1. The van der Waals surface area contributed by atoms with Crippen LogP contribution in [0.25, 0.3) is 22.4 Å². The van der Waals surface area contributed by atoms with E-state index in [-0.39, 0.29) is 19.5 Å². The van der Waals surface area contributed by atoms with Crippen LogP contribution >= 0.6 is 0 Å². The second kappa shape index (κ2) is 9.31. The van der Waals surface area contributed by atoms with Crippen molar-refractivity contribution in [3.05, 3.63) is 53.6 Å². The number of aliphatic carboxylic acids is 1. The van der Waals surface area contributed by atoms with Gasteiger partial charge in [0.25, 0.3) is 5.91 Å². The number of fused-ring (bicyclic) bond motifs is 1. The van der Waals surface area contributed by atoms with E-state index in [2.05, 4.69) is 10.3 Å². The van der Waals surface area contributed by atoms with Crippen molar-refractivity contribution in [1.29, 1.82) is 0 Å². The highest BCUT2D eigenvalue weighted by atomic mass is 19.4. The first-order valence-corrected chi connectivity index (χ1v) is 9.85. The van der Waals surface area contributed by atoms with E-state index in [1.165, 1.54) is 0 Å². The molecule has 0 saturated carbocycles. The predicted molar refractivity (Wildman–Crippen MR) is 113 cm³/mol. The van der Waals surface area contributed by atoms with E-state index < -0.39 is 24.0 Å². The van der Waals surface area contributed by atoms with Gasteiger partial charge in [-0.3, -0.25) is 14.4 Å². The Hall–Kier alpha value is -3.89. The summed E-state index contributed by atoms with van der Waals surface area (Å²) in [5.41, 5.74) is 2.88. The summed E-state index contributed by atoms with van der Waals surface area (Å²) >= 11 is 0. The van der Waals surface area contributed by atoms with Gasteiger partial charge in [-0.2, -0.15) is 13.2 Å². The molecule has 174 valence electrons. The average molecular weight is 462 g/mol. The number of carbonyl (C=O) groups is 3. The molecule has 0 aliphatic carbocycles. The van der Waals surface area contributed by atoms with E-state index in [0.717, 1.165) is 12.6 Å². The Bertz CT molecular complexity index is 1200. The van der Waals surface area contributed by atoms with Crippen molar-refractivity contribution < 1.29 is 32.7 Å². The van der Waals surface area contributed by atoms with Crippen LogP contribution in [0.4, 0.5) is 13.2 Å². The van der Waals surface area contributed by atoms with Crippen LogP contribution in [0.1, 0.15) is 22.3 Å². The summed E-state index contributed by atoms with van der Waals surface area (Å²) in [5.74, 6) is -2.75. The van der Waals surface area contributed by atoms with E-state index in [4.69, 9.17) is 5.11 Å². The number of rotatable bonds is 7. The fourth-order valence-electron chi connectivity index (χ4n) is 3.31. The normalized spacial score (nSPS) is 11.4. The maximum absolute atomic E-state index is 12.6. The number of nitrogens with zero attached hydrogens (tertiary/aromatic N) is 3. The summed E-state index contributed by atoms with van der Waals surface area (Å²) in [5, 5.41) is 11.2. The standard InChI is InChI=1S/C22H21F3N4O4/c1-28(21(33)22(23,24)25)12-13-3-5-14(6-4-13)19-27-16-11-15(7-8-17(16)29(19)2)20(32)26-10-9-18(30)31/h3-8,11H,9-10,12H2,1-2H3,(H,26,32)(H,30,31). The summed E-state index contributed by atoms with van der Waals surface area (Å²) in [7, 11) is 2.88. The largest absolute Gasteiger partial charge is 0.481 e. The molecule has 11 heteroatoms. The van der Waals surface area contributed by atoms with Crippen LogP contribution in [0.5, 0.6) is 0 Å². The fourth-order valence-corrected chi connectivity index (χ4v) is 3.31. The summed E-state index contributed by atoms with van der Waals surface area (Å²) in [6, 6.07) is 11.6. The van der Waals surface area contributed by atoms with Gasteiger partial charge >= 0.3 is 18.1 Å². The minimum absolute atomic E-state index is 0.00970. The van der Waals surface area contributed by atoms with Crippen molar-refractivity contribution in [2.75, 3.05) is 13.6 Å². The Morgan fingerprint density at radius 2 is 1.79 bits per heavy atom. The number of imidazole rings is 1. The van der Waals surface area contributed by atoms with Crippen molar-refractivity contribution in [3.63, 3.8) is 0 Å². The third-order valence-electron chi connectivity index (χ3n) is 4.99. The molecule has 1 aromatic heterocycles. The molecule has 0 aliphatic heterocycles. The molecule has 0 spiro atoms. The van der Waals surface area contributed by atoms with Crippen LogP contribution in [-0.2, 0) is 23.2 Å². The molecule has 3 rings (SSSR count). The second-order valence-electron chi connectivity index (χ2n) is 7.45. The minimum atomic E-state index is -4.92. The molecule has 0 fully saturated rings. The summed E-state index contributed by atoms with van der Waals surface area (Å²) in [4.78, 5) is 39.3. The number of amides is 2. The maximum atomic E-state index is 12.6. The van der Waals surface area contributed by atoms with Crippen LogP contribution in [0.15, 0.2) is 42.5 Å². The Morgan fingerprint density at radius 3 is 2.39 bits per heavy atom. The minimum Gasteiger partial charge on any atom is -0.481 e.